The summed E-state index contributed by atoms with van der Waals surface area (Å²) in [7, 11) is 0. The van der Waals surface area contributed by atoms with Crippen molar-refractivity contribution in [1.29, 1.82) is 0 Å². The van der Waals surface area contributed by atoms with Crippen molar-refractivity contribution < 1.29 is 13.9 Å². The van der Waals surface area contributed by atoms with Gasteiger partial charge in [-0.2, -0.15) is 0 Å². The van der Waals surface area contributed by atoms with Crippen molar-refractivity contribution in [2.75, 3.05) is 17.7 Å². The van der Waals surface area contributed by atoms with Crippen LogP contribution in [0.15, 0.2) is 41.0 Å². The molecule has 5 nitrogen and oxygen atoms in total. The van der Waals surface area contributed by atoms with E-state index in [1.165, 1.54) is 0 Å². The highest BCUT2D eigenvalue weighted by Gasteiger charge is 2.04. The van der Waals surface area contributed by atoms with E-state index < -0.39 is 0 Å². The molecule has 0 fully saturated rings. The van der Waals surface area contributed by atoms with Gasteiger partial charge in [0.25, 0.3) is 0 Å². The molecule has 0 atom stereocenters. The third-order valence-corrected chi connectivity index (χ3v) is 2.62. The Hall–Kier alpha value is -2.27. The van der Waals surface area contributed by atoms with E-state index in [1.807, 2.05) is 13.0 Å². The number of rotatable bonds is 5. The van der Waals surface area contributed by atoms with E-state index in [0.29, 0.717) is 17.1 Å². The van der Waals surface area contributed by atoms with Crippen LogP contribution in [0, 0.1) is 6.92 Å². The van der Waals surface area contributed by atoms with Crippen LogP contribution in [0.3, 0.4) is 0 Å². The van der Waals surface area contributed by atoms with Crippen LogP contribution in [-0.2, 0) is 16.1 Å². The highest BCUT2D eigenvalue weighted by Crippen LogP contribution is 2.16. The fourth-order valence-corrected chi connectivity index (χ4v) is 1.55. The highest BCUT2D eigenvalue weighted by atomic mass is 16.5. The number of nitrogens with one attached hydrogen (secondary N) is 1. The van der Waals surface area contributed by atoms with Gasteiger partial charge >= 0.3 is 0 Å². The summed E-state index contributed by atoms with van der Waals surface area (Å²) in [6, 6.07) is 8.94. The molecule has 1 aromatic carbocycles. The van der Waals surface area contributed by atoms with Crippen LogP contribution < -0.4 is 11.1 Å². The molecule has 0 spiro atoms. The van der Waals surface area contributed by atoms with Gasteiger partial charge in [0.2, 0.25) is 5.91 Å². The van der Waals surface area contributed by atoms with Gasteiger partial charge in [-0.3, -0.25) is 4.79 Å². The molecule has 0 aliphatic heterocycles. The molecule has 1 amide bonds. The molecular weight excluding hydrogens is 244 g/mol. The number of carbonyl (C=O) groups is 1. The number of nitrogen functional groups attached to an aromatic ring is 1. The zero-order valence-corrected chi connectivity index (χ0v) is 10.7. The first kappa shape index (κ1) is 13.2. The van der Waals surface area contributed by atoms with Gasteiger partial charge in [-0.25, -0.2) is 0 Å². The van der Waals surface area contributed by atoms with E-state index in [-0.39, 0.29) is 19.1 Å². The number of carbonyl (C=O) groups excluding carboxylic acids is 1. The number of aryl methyl sites for hydroxylation is 1. The molecule has 0 aliphatic carbocycles. The number of hydrogen-bond acceptors (Lipinski definition) is 4. The number of ether oxygens (including phenoxy) is 1. The monoisotopic (exact) mass is 260 g/mol. The lowest BCUT2D eigenvalue weighted by molar-refractivity contribution is -0.121. The second-order valence-electron chi connectivity index (χ2n) is 4.19. The van der Waals surface area contributed by atoms with Crippen molar-refractivity contribution in [3.8, 4) is 0 Å². The maximum Gasteiger partial charge on any atom is 0.250 e. The van der Waals surface area contributed by atoms with Gasteiger partial charge < -0.3 is 20.2 Å². The molecule has 3 N–H and O–H groups in total. The van der Waals surface area contributed by atoms with E-state index in [1.54, 1.807) is 30.5 Å². The first-order valence-electron chi connectivity index (χ1n) is 5.91. The maximum atomic E-state index is 11.6. The number of hydrogen-bond donors (Lipinski definition) is 2. The standard InChI is InChI=1S/C14H16N2O3/c1-10-4-5-11(7-13(10)15)16-14(17)9-18-8-12-3-2-6-19-12/h2-7H,8-9,15H2,1H3,(H,16,17). The predicted molar refractivity (Wildman–Crippen MR) is 72.6 cm³/mol. The first-order chi connectivity index (χ1) is 9.15. The smallest absolute Gasteiger partial charge is 0.250 e. The Bertz CT molecular complexity index is 550. The fraction of sp³-hybridized carbons (Fsp3) is 0.214. The lowest BCUT2D eigenvalue weighted by atomic mass is 10.2. The average molecular weight is 260 g/mol. The lowest BCUT2D eigenvalue weighted by Crippen LogP contribution is -2.18. The molecule has 0 radical (unpaired) electrons. The van der Waals surface area contributed by atoms with Crippen LogP contribution in [0.4, 0.5) is 11.4 Å². The Labute approximate surface area is 111 Å². The van der Waals surface area contributed by atoms with Crippen LogP contribution in [-0.4, -0.2) is 12.5 Å². The van der Waals surface area contributed by atoms with E-state index in [2.05, 4.69) is 5.32 Å². The summed E-state index contributed by atoms with van der Waals surface area (Å²) in [6.45, 7) is 2.15. The number of nitrogens with two attached hydrogens (primary N) is 1. The SMILES string of the molecule is Cc1ccc(NC(=O)COCc2ccco2)cc1N. The quantitative estimate of drug-likeness (QED) is 0.809. The minimum absolute atomic E-state index is 0.0333. The second kappa shape index (κ2) is 6.06. The normalized spacial score (nSPS) is 10.4. The molecule has 5 heteroatoms. The van der Waals surface area contributed by atoms with Crippen molar-refractivity contribution in [2.45, 2.75) is 13.5 Å². The summed E-state index contributed by atoms with van der Waals surface area (Å²) >= 11 is 0. The van der Waals surface area contributed by atoms with Crippen molar-refractivity contribution in [3.05, 3.63) is 47.9 Å². The predicted octanol–water partition coefficient (Wildman–Crippen LogP) is 2.33. The molecule has 0 saturated heterocycles. The molecule has 19 heavy (non-hydrogen) atoms. The van der Waals surface area contributed by atoms with Crippen LogP contribution in [0.5, 0.6) is 0 Å². The zero-order chi connectivity index (χ0) is 13.7. The second-order valence-corrected chi connectivity index (χ2v) is 4.19. The van der Waals surface area contributed by atoms with Crippen LogP contribution >= 0.6 is 0 Å². The van der Waals surface area contributed by atoms with Crippen molar-refractivity contribution >= 4 is 17.3 Å². The Balaban J connectivity index is 1.79. The van der Waals surface area contributed by atoms with Gasteiger partial charge in [0.05, 0.1) is 6.26 Å². The topological polar surface area (TPSA) is 77.5 Å². The van der Waals surface area contributed by atoms with Crippen LogP contribution in [0.1, 0.15) is 11.3 Å². The Kier molecular flexibility index (Phi) is 4.20. The van der Waals surface area contributed by atoms with Gasteiger partial charge in [0.15, 0.2) is 0 Å². The Morgan fingerprint density at radius 1 is 1.42 bits per heavy atom. The van der Waals surface area contributed by atoms with Gasteiger partial charge in [-0.1, -0.05) is 6.07 Å². The number of benzene rings is 1. The Morgan fingerprint density at radius 2 is 2.26 bits per heavy atom. The van der Waals surface area contributed by atoms with Gasteiger partial charge in [-0.15, -0.1) is 0 Å². The van der Waals surface area contributed by atoms with Crippen molar-refractivity contribution in [1.82, 2.24) is 0 Å². The maximum absolute atomic E-state index is 11.6. The zero-order valence-electron chi connectivity index (χ0n) is 10.7. The average Bonchev–Trinajstić information content (AvgIpc) is 2.87. The summed E-state index contributed by atoms with van der Waals surface area (Å²) < 4.78 is 10.3. The number of amides is 1. The number of furan rings is 1. The molecule has 2 rings (SSSR count). The lowest BCUT2D eigenvalue weighted by Gasteiger charge is -2.07. The summed E-state index contributed by atoms with van der Waals surface area (Å²) in [4.78, 5) is 11.6. The minimum Gasteiger partial charge on any atom is -0.467 e. The van der Waals surface area contributed by atoms with E-state index in [0.717, 1.165) is 5.56 Å². The van der Waals surface area contributed by atoms with Crippen LogP contribution in [0.2, 0.25) is 0 Å². The van der Waals surface area contributed by atoms with Gasteiger partial charge in [0.1, 0.15) is 19.0 Å². The molecule has 1 aromatic heterocycles. The first-order valence-corrected chi connectivity index (χ1v) is 5.91. The van der Waals surface area contributed by atoms with E-state index in [4.69, 9.17) is 14.9 Å². The summed E-state index contributed by atoms with van der Waals surface area (Å²) in [5.41, 5.74) is 8.05. The van der Waals surface area contributed by atoms with E-state index >= 15 is 0 Å². The fourth-order valence-electron chi connectivity index (χ4n) is 1.55. The third kappa shape index (κ3) is 3.86. The van der Waals surface area contributed by atoms with Crippen molar-refractivity contribution in [2.24, 2.45) is 0 Å². The van der Waals surface area contributed by atoms with Crippen molar-refractivity contribution in [3.63, 3.8) is 0 Å². The summed E-state index contributed by atoms with van der Waals surface area (Å²) in [6.07, 6.45) is 1.56. The third-order valence-electron chi connectivity index (χ3n) is 2.62. The molecule has 0 saturated carbocycles. The highest BCUT2D eigenvalue weighted by molar-refractivity contribution is 5.92. The molecule has 0 aliphatic rings. The minimum atomic E-state index is -0.227. The van der Waals surface area contributed by atoms with Gasteiger partial charge in [-0.05, 0) is 36.8 Å². The Morgan fingerprint density at radius 3 is 2.95 bits per heavy atom. The molecule has 0 bridgehead atoms. The van der Waals surface area contributed by atoms with Crippen LogP contribution in [0.25, 0.3) is 0 Å². The molecule has 1 heterocycles. The number of anilines is 2. The largest absolute Gasteiger partial charge is 0.467 e. The summed E-state index contributed by atoms with van der Waals surface area (Å²) in [5.74, 6) is 0.460. The van der Waals surface area contributed by atoms with E-state index in [9.17, 15) is 4.79 Å². The molecule has 0 unspecified atom stereocenters. The molecular formula is C14H16N2O3. The molecule has 2 aromatic rings. The van der Waals surface area contributed by atoms with Gasteiger partial charge in [0, 0.05) is 11.4 Å². The summed E-state index contributed by atoms with van der Waals surface area (Å²) in [5, 5.41) is 2.72. The molecule has 100 valence electrons.